The Labute approximate surface area is 130 Å². The first-order valence-corrected chi connectivity index (χ1v) is 8.17. The van der Waals surface area contributed by atoms with E-state index in [2.05, 4.69) is 73.3 Å². The molecule has 1 aromatic rings. The normalized spacial score (nSPS) is 19.6. The van der Waals surface area contributed by atoms with E-state index in [-0.39, 0.29) is 0 Å². The van der Waals surface area contributed by atoms with Gasteiger partial charge in [0.15, 0.2) is 0 Å². The van der Waals surface area contributed by atoms with Gasteiger partial charge in [0.2, 0.25) is 0 Å². The maximum Gasteiger partial charge on any atom is 0.0234 e. The average Bonchev–Trinajstić information content (AvgIpc) is 2.49. The van der Waals surface area contributed by atoms with Gasteiger partial charge in [-0.25, -0.2) is 0 Å². The van der Waals surface area contributed by atoms with Crippen molar-refractivity contribution in [2.45, 2.75) is 33.4 Å². The Bertz CT molecular complexity index is 408. The third-order valence-electron chi connectivity index (χ3n) is 4.95. The van der Waals surface area contributed by atoms with Crippen molar-refractivity contribution in [3.8, 4) is 0 Å². The highest BCUT2D eigenvalue weighted by Gasteiger charge is 2.28. The molecular weight excluding hydrogens is 258 g/mol. The molecule has 1 aliphatic rings. The zero-order valence-corrected chi connectivity index (χ0v) is 14.1. The van der Waals surface area contributed by atoms with Crippen molar-refractivity contribution < 1.29 is 0 Å². The third kappa shape index (κ3) is 4.80. The van der Waals surface area contributed by atoms with Crippen LogP contribution < -0.4 is 5.32 Å². The minimum absolute atomic E-state index is 0.316. The lowest BCUT2D eigenvalue weighted by atomic mass is 9.84. The van der Waals surface area contributed by atoms with Crippen LogP contribution in [0.25, 0.3) is 0 Å². The second-order valence-electron chi connectivity index (χ2n) is 7.04. The van der Waals surface area contributed by atoms with E-state index in [1.165, 1.54) is 38.3 Å². The van der Waals surface area contributed by atoms with Crippen LogP contribution in [0.2, 0.25) is 0 Å². The first-order valence-electron chi connectivity index (χ1n) is 8.17. The zero-order valence-electron chi connectivity index (χ0n) is 14.1. The lowest BCUT2D eigenvalue weighted by Crippen LogP contribution is -2.52. The molecule has 0 saturated carbocycles. The number of hydrogen-bond donors (Lipinski definition) is 1. The maximum atomic E-state index is 3.40. The van der Waals surface area contributed by atoms with Crippen LogP contribution in [-0.2, 0) is 6.54 Å². The van der Waals surface area contributed by atoms with Crippen LogP contribution in [0.4, 0.5) is 0 Å². The lowest BCUT2D eigenvalue weighted by Gasteiger charge is -2.41. The van der Waals surface area contributed by atoms with Crippen LogP contribution >= 0.6 is 0 Å². The van der Waals surface area contributed by atoms with Gasteiger partial charge in [-0.3, -0.25) is 4.90 Å². The standard InChI is InChI=1S/C18H31N3/c1-16(19-4)18(2,3)15-21-12-10-20(11-13-21)14-17-8-6-5-7-9-17/h5-9,16,19H,10-15H2,1-4H3. The highest BCUT2D eigenvalue weighted by Crippen LogP contribution is 2.22. The zero-order chi connectivity index (χ0) is 15.3. The van der Waals surface area contributed by atoms with Crippen LogP contribution in [0.5, 0.6) is 0 Å². The van der Waals surface area contributed by atoms with E-state index in [0.717, 1.165) is 6.54 Å². The molecule has 118 valence electrons. The molecule has 1 aliphatic heterocycles. The molecule has 0 amide bonds. The smallest absolute Gasteiger partial charge is 0.0234 e. The predicted molar refractivity (Wildman–Crippen MR) is 90.5 cm³/mol. The van der Waals surface area contributed by atoms with E-state index < -0.39 is 0 Å². The molecule has 21 heavy (non-hydrogen) atoms. The summed E-state index contributed by atoms with van der Waals surface area (Å²) in [4.78, 5) is 5.19. The molecular formula is C18H31N3. The van der Waals surface area contributed by atoms with Gasteiger partial charge in [-0.05, 0) is 24.9 Å². The third-order valence-corrected chi connectivity index (χ3v) is 4.95. The van der Waals surface area contributed by atoms with Crippen LogP contribution in [0, 0.1) is 5.41 Å². The molecule has 0 aromatic heterocycles. The number of nitrogens with zero attached hydrogens (tertiary/aromatic N) is 2. The fraction of sp³-hybridized carbons (Fsp3) is 0.667. The van der Waals surface area contributed by atoms with Gasteiger partial charge in [-0.15, -0.1) is 0 Å². The molecule has 1 atom stereocenters. The fourth-order valence-electron chi connectivity index (χ4n) is 3.05. The summed E-state index contributed by atoms with van der Waals surface area (Å²) in [5.41, 5.74) is 1.74. The van der Waals surface area contributed by atoms with Crippen LogP contribution in [-0.4, -0.2) is 55.6 Å². The van der Waals surface area contributed by atoms with Gasteiger partial charge in [0, 0.05) is 45.3 Å². The first kappa shape index (κ1) is 16.5. The van der Waals surface area contributed by atoms with E-state index in [1.54, 1.807) is 0 Å². The summed E-state index contributed by atoms with van der Waals surface area (Å²) in [5.74, 6) is 0. The molecule has 1 aromatic carbocycles. The number of nitrogens with one attached hydrogen (secondary N) is 1. The van der Waals surface area contributed by atoms with E-state index in [4.69, 9.17) is 0 Å². The molecule has 2 rings (SSSR count). The summed E-state index contributed by atoms with van der Waals surface area (Å²) in [6.07, 6.45) is 0. The molecule has 0 spiro atoms. The largest absolute Gasteiger partial charge is 0.317 e. The Hall–Kier alpha value is -0.900. The summed E-state index contributed by atoms with van der Waals surface area (Å²) in [6, 6.07) is 11.3. The van der Waals surface area contributed by atoms with Crippen molar-refractivity contribution in [1.82, 2.24) is 15.1 Å². The minimum Gasteiger partial charge on any atom is -0.317 e. The Morgan fingerprint density at radius 3 is 2.19 bits per heavy atom. The second-order valence-corrected chi connectivity index (χ2v) is 7.04. The highest BCUT2D eigenvalue weighted by molar-refractivity contribution is 5.14. The second kappa shape index (κ2) is 7.39. The van der Waals surface area contributed by atoms with Crippen LogP contribution in [0.1, 0.15) is 26.3 Å². The average molecular weight is 289 g/mol. The van der Waals surface area contributed by atoms with Crippen molar-refractivity contribution in [2.24, 2.45) is 5.41 Å². The van der Waals surface area contributed by atoms with E-state index in [1.807, 2.05) is 0 Å². The van der Waals surface area contributed by atoms with Crippen molar-refractivity contribution in [3.63, 3.8) is 0 Å². The van der Waals surface area contributed by atoms with E-state index >= 15 is 0 Å². The summed E-state index contributed by atoms with van der Waals surface area (Å²) < 4.78 is 0. The Morgan fingerprint density at radius 1 is 1.05 bits per heavy atom. The fourth-order valence-corrected chi connectivity index (χ4v) is 3.05. The van der Waals surface area contributed by atoms with E-state index in [9.17, 15) is 0 Å². The van der Waals surface area contributed by atoms with Gasteiger partial charge in [-0.2, -0.15) is 0 Å². The van der Waals surface area contributed by atoms with Gasteiger partial charge in [0.05, 0.1) is 0 Å². The molecule has 3 nitrogen and oxygen atoms in total. The molecule has 1 fully saturated rings. The maximum absolute atomic E-state index is 3.40. The van der Waals surface area contributed by atoms with Gasteiger partial charge >= 0.3 is 0 Å². The van der Waals surface area contributed by atoms with Gasteiger partial charge < -0.3 is 10.2 Å². The quantitative estimate of drug-likeness (QED) is 0.868. The van der Waals surface area contributed by atoms with Crippen LogP contribution in [0.15, 0.2) is 30.3 Å². The van der Waals surface area contributed by atoms with Gasteiger partial charge in [-0.1, -0.05) is 44.2 Å². The topological polar surface area (TPSA) is 18.5 Å². The number of rotatable bonds is 6. The van der Waals surface area contributed by atoms with E-state index in [0.29, 0.717) is 11.5 Å². The molecule has 0 bridgehead atoms. The molecule has 0 aliphatic carbocycles. The minimum atomic E-state index is 0.316. The summed E-state index contributed by atoms with van der Waals surface area (Å²) in [6.45, 7) is 14.0. The Morgan fingerprint density at radius 2 is 1.62 bits per heavy atom. The Kier molecular flexibility index (Phi) is 5.80. The van der Waals surface area contributed by atoms with Gasteiger partial charge in [0.25, 0.3) is 0 Å². The Balaban J connectivity index is 1.78. The molecule has 1 saturated heterocycles. The highest BCUT2D eigenvalue weighted by atomic mass is 15.3. The summed E-state index contributed by atoms with van der Waals surface area (Å²) in [7, 11) is 2.06. The van der Waals surface area contributed by atoms with Crippen LogP contribution in [0.3, 0.4) is 0 Å². The first-order chi connectivity index (χ1) is 10.0. The summed E-state index contributed by atoms with van der Waals surface area (Å²) >= 11 is 0. The summed E-state index contributed by atoms with van der Waals surface area (Å²) in [5, 5.41) is 3.40. The van der Waals surface area contributed by atoms with Gasteiger partial charge in [0.1, 0.15) is 0 Å². The predicted octanol–water partition coefficient (Wildman–Crippen LogP) is 2.44. The SMILES string of the molecule is CNC(C)C(C)(C)CN1CCN(Cc2ccccc2)CC1. The molecule has 1 N–H and O–H groups in total. The molecule has 3 heteroatoms. The van der Waals surface area contributed by atoms with Crippen molar-refractivity contribution >= 4 is 0 Å². The molecule has 1 heterocycles. The number of hydrogen-bond acceptors (Lipinski definition) is 3. The van der Waals surface area contributed by atoms with Crippen molar-refractivity contribution in [3.05, 3.63) is 35.9 Å². The monoisotopic (exact) mass is 289 g/mol. The lowest BCUT2D eigenvalue weighted by molar-refractivity contribution is 0.0812. The molecule has 1 unspecified atom stereocenters. The van der Waals surface area contributed by atoms with Crippen molar-refractivity contribution in [2.75, 3.05) is 39.8 Å². The molecule has 0 radical (unpaired) electrons. The number of benzene rings is 1. The van der Waals surface area contributed by atoms with Crippen molar-refractivity contribution in [1.29, 1.82) is 0 Å². The number of piperazine rings is 1.